The third kappa shape index (κ3) is 4.14. The van der Waals surface area contributed by atoms with Gasteiger partial charge in [-0.3, -0.25) is 4.57 Å². The summed E-state index contributed by atoms with van der Waals surface area (Å²) in [7, 11) is 0. The van der Waals surface area contributed by atoms with Crippen LogP contribution >= 0.6 is 0 Å². The lowest BCUT2D eigenvalue weighted by Gasteiger charge is -2.22. The molecule has 0 saturated heterocycles. The summed E-state index contributed by atoms with van der Waals surface area (Å²) in [6, 6.07) is 35.5. The van der Waals surface area contributed by atoms with Gasteiger partial charge in [-0.1, -0.05) is 94.4 Å². The summed E-state index contributed by atoms with van der Waals surface area (Å²) in [6.45, 7) is 9.02. The highest BCUT2D eigenvalue weighted by Crippen LogP contribution is 2.41. The average molecular weight is 613 g/mol. The van der Waals surface area contributed by atoms with Crippen LogP contribution in [0, 0.1) is 0 Å². The third-order valence-corrected chi connectivity index (χ3v) is 9.25. The molecule has 0 saturated carbocycles. The van der Waals surface area contributed by atoms with Gasteiger partial charge < -0.3 is 8.83 Å². The molecule has 9 rings (SSSR count). The number of benzene rings is 5. The van der Waals surface area contributed by atoms with Gasteiger partial charge in [0.2, 0.25) is 0 Å². The molecule has 228 valence electrons. The highest BCUT2D eigenvalue weighted by Gasteiger charge is 2.25. The maximum Gasteiger partial charge on any atom is 0.172 e. The van der Waals surface area contributed by atoms with Crippen LogP contribution in [0.4, 0.5) is 0 Å². The fourth-order valence-corrected chi connectivity index (χ4v) is 7.01. The van der Waals surface area contributed by atoms with Crippen molar-refractivity contribution in [2.24, 2.45) is 0 Å². The van der Waals surface area contributed by atoms with Crippen LogP contribution in [0.3, 0.4) is 0 Å². The molecule has 0 spiro atoms. The highest BCUT2D eigenvalue weighted by molar-refractivity contribution is 6.10. The van der Waals surface area contributed by atoms with E-state index in [1.807, 2.05) is 36.4 Å². The van der Waals surface area contributed by atoms with E-state index in [0.717, 1.165) is 66.4 Å². The fraction of sp³-hybridized carbons (Fsp3) is 0.146. The van der Waals surface area contributed by atoms with Crippen molar-refractivity contribution in [1.29, 1.82) is 0 Å². The summed E-state index contributed by atoms with van der Waals surface area (Å²) < 4.78 is 15.3. The van der Waals surface area contributed by atoms with Crippen LogP contribution in [0.5, 0.6) is 0 Å². The van der Waals surface area contributed by atoms with E-state index in [0.29, 0.717) is 23.2 Å². The first-order valence-corrected chi connectivity index (χ1v) is 16.2. The zero-order valence-corrected chi connectivity index (χ0v) is 26.7. The SMILES string of the molecule is CC(C)c1cccc(C(C)C)c1-n1c(-c2cccc3c2oc2cnc(-c4cccc5c4oc4ccccc45)nc23)nc2ccccc21. The number of nitrogens with zero attached hydrogens (tertiary/aromatic N) is 4. The first-order valence-electron chi connectivity index (χ1n) is 16.2. The maximum absolute atomic E-state index is 6.60. The van der Waals surface area contributed by atoms with Crippen LogP contribution in [-0.4, -0.2) is 19.5 Å². The molecule has 0 unspecified atom stereocenters. The van der Waals surface area contributed by atoms with Crippen molar-refractivity contribution in [3.63, 3.8) is 0 Å². The molecule has 47 heavy (non-hydrogen) atoms. The third-order valence-electron chi connectivity index (χ3n) is 9.25. The molecule has 0 aliphatic rings. The van der Waals surface area contributed by atoms with Crippen molar-refractivity contribution in [3.05, 3.63) is 120 Å². The Hall–Kier alpha value is -5.75. The van der Waals surface area contributed by atoms with Crippen molar-refractivity contribution < 1.29 is 8.83 Å². The predicted molar refractivity (Wildman–Crippen MR) is 190 cm³/mol. The molecular formula is C41H32N4O2. The van der Waals surface area contributed by atoms with Crippen LogP contribution in [0.1, 0.15) is 50.7 Å². The van der Waals surface area contributed by atoms with Crippen molar-refractivity contribution in [2.75, 3.05) is 0 Å². The number of aromatic nitrogens is 4. The van der Waals surface area contributed by atoms with Crippen LogP contribution in [0.2, 0.25) is 0 Å². The van der Waals surface area contributed by atoms with E-state index in [4.69, 9.17) is 23.8 Å². The van der Waals surface area contributed by atoms with Crippen LogP contribution in [0.25, 0.3) is 83.5 Å². The molecule has 9 aromatic rings. The van der Waals surface area contributed by atoms with Gasteiger partial charge in [0, 0.05) is 16.2 Å². The Morgan fingerprint density at radius 2 is 1.21 bits per heavy atom. The molecule has 0 aliphatic carbocycles. The van der Waals surface area contributed by atoms with Gasteiger partial charge in [0.05, 0.1) is 34.0 Å². The minimum atomic E-state index is 0.324. The van der Waals surface area contributed by atoms with Crippen LogP contribution in [-0.2, 0) is 0 Å². The second-order valence-corrected chi connectivity index (χ2v) is 12.8. The number of para-hydroxylation sites is 6. The van der Waals surface area contributed by atoms with Gasteiger partial charge in [-0.05, 0) is 59.4 Å². The fourth-order valence-electron chi connectivity index (χ4n) is 7.01. The zero-order chi connectivity index (χ0) is 31.8. The lowest BCUT2D eigenvalue weighted by Crippen LogP contribution is -2.08. The van der Waals surface area contributed by atoms with Gasteiger partial charge in [-0.25, -0.2) is 15.0 Å². The molecule has 4 aromatic heterocycles. The van der Waals surface area contributed by atoms with E-state index < -0.39 is 0 Å². The molecule has 6 heteroatoms. The van der Waals surface area contributed by atoms with Crippen molar-refractivity contribution in [1.82, 2.24) is 19.5 Å². The lowest BCUT2D eigenvalue weighted by atomic mass is 9.92. The Morgan fingerprint density at radius 1 is 0.574 bits per heavy atom. The van der Waals surface area contributed by atoms with E-state index in [1.165, 1.54) is 16.8 Å². The van der Waals surface area contributed by atoms with E-state index in [1.54, 1.807) is 6.20 Å². The largest absolute Gasteiger partial charge is 0.455 e. The number of hydrogen-bond donors (Lipinski definition) is 0. The predicted octanol–water partition coefficient (Wildman–Crippen LogP) is 11.2. The molecule has 0 bridgehead atoms. The summed E-state index contributed by atoms with van der Waals surface area (Å²) >= 11 is 0. The quantitative estimate of drug-likeness (QED) is 0.193. The van der Waals surface area contributed by atoms with Crippen LogP contribution < -0.4 is 0 Å². The molecular weight excluding hydrogens is 580 g/mol. The Kier molecular flexibility index (Phi) is 6.09. The molecule has 0 fully saturated rings. The van der Waals surface area contributed by atoms with E-state index in [2.05, 4.69) is 99.0 Å². The average Bonchev–Trinajstić information content (AvgIpc) is 3.78. The van der Waals surface area contributed by atoms with E-state index >= 15 is 0 Å². The summed E-state index contributed by atoms with van der Waals surface area (Å²) in [6.07, 6.45) is 1.77. The van der Waals surface area contributed by atoms with Gasteiger partial charge in [-0.2, -0.15) is 0 Å². The molecule has 0 atom stereocenters. The monoisotopic (exact) mass is 612 g/mol. The van der Waals surface area contributed by atoms with Gasteiger partial charge in [0.25, 0.3) is 0 Å². The van der Waals surface area contributed by atoms with Gasteiger partial charge in [0.1, 0.15) is 28.1 Å². The Balaban J connectivity index is 1.29. The second-order valence-electron chi connectivity index (χ2n) is 12.8. The minimum Gasteiger partial charge on any atom is -0.455 e. The topological polar surface area (TPSA) is 69.9 Å². The smallest absolute Gasteiger partial charge is 0.172 e. The number of rotatable bonds is 5. The summed E-state index contributed by atoms with van der Waals surface area (Å²) in [4.78, 5) is 15.1. The van der Waals surface area contributed by atoms with Crippen molar-refractivity contribution in [3.8, 4) is 28.5 Å². The van der Waals surface area contributed by atoms with Gasteiger partial charge in [-0.15, -0.1) is 0 Å². The van der Waals surface area contributed by atoms with Crippen LogP contribution in [0.15, 0.2) is 118 Å². The molecule has 0 N–H and O–H groups in total. The number of hydrogen-bond acceptors (Lipinski definition) is 5. The normalized spacial score (nSPS) is 12.2. The van der Waals surface area contributed by atoms with Crippen molar-refractivity contribution >= 4 is 55.0 Å². The standard InChI is InChI=1S/C41H32N4O2/c1-23(2)25-13-9-14-26(24(3)4)37(25)45-33-20-7-6-19-32(33)43-41(45)31-18-11-16-29-36-35(47-39(29)31)22-42-40(44-36)30-17-10-15-28-27-12-5-8-21-34(27)46-38(28)30/h5-24H,1-4H3. The molecule has 6 nitrogen and oxygen atoms in total. The molecule has 0 radical (unpaired) electrons. The Bertz CT molecular complexity index is 2630. The zero-order valence-electron chi connectivity index (χ0n) is 26.7. The first-order chi connectivity index (χ1) is 23.0. The number of furan rings is 2. The van der Waals surface area contributed by atoms with Gasteiger partial charge >= 0.3 is 0 Å². The van der Waals surface area contributed by atoms with E-state index in [9.17, 15) is 0 Å². The maximum atomic E-state index is 6.60. The summed E-state index contributed by atoms with van der Waals surface area (Å²) in [5, 5.41) is 3.03. The minimum absolute atomic E-state index is 0.324. The molecule has 0 amide bonds. The first kappa shape index (κ1) is 27.6. The Morgan fingerprint density at radius 3 is 2.02 bits per heavy atom. The molecule has 4 heterocycles. The molecule has 5 aromatic carbocycles. The lowest BCUT2D eigenvalue weighted by molar-refractivity contribution is 0.665. The van der Waals surface area contributed by atoms with Crippen molar-refractivity contribution in [2.45, 2.75) is 39.5 Å². The Labute approximate surface area is 271 Å². The van der Waals surface area contributed by atoms with E-state index in [-0.39, 0.29) is 0 Å². The number of imidazole rings is 1. The molecule has 0 aliphatic heterocycles. The van der Waals surface area contributed by atoms with Gasteiger partial charge in [0.15, 0.2) is 11.4 Å². The summed E-state index contributed by atoms with van der Waals surface area (Å²) in [5.74, 6) is 2.08. The highest BCUT2D eigenvalue weighted by atomic mass is 16.3. The summed E-state index contributed by atoms with van der Waals surface area (Å²) in [5.41, 5.74) is 11.3. The number of fused-ring (bicyclic) bond motifs is 7. The second kappa shape index (κ2) is 10.4.